The number of methoxy groups -OCH3 is 1. The van der Waals surface area contributed by atoms with Crippen molar-refractivity contribution >= 4 is 11.6 Å². The van der Waals surface area contributed by atoms with Gasteiger partial charge in [-0.3, -0.25) is 9.59 Å². The second-order valence-electron chi connectivity index (χ2n) is 8.77. The summed E-state index contributed by atoms with van der Waals surface area (Å²) in [4.78, 5) is 25.0. The van der Waals surface area contributed by atoms with E-state index in [1.807, 2.05) is 6.07 Å². The lowest BCUT2D eigenvalue weighted by Gasteiger charge is -2.14. The summed E-state index contributed by atoms with van der Waals surface area (Å²) < 4.78 is 11.4. The minimum atomic E-state index is -0.183. The van der Waals surface area contributed by atoms with Crippen LogP contribution in [0.2, 0.25) is 0 Å². The molecule has 0 atom stereocenters. The maximum Gasteiger partial charge on any atom is 0.169 e. The molecule has 0 aliphatic heterocycles. The van der Waals surface area contributed by atoms with E-state index in [2.05, 4.69) is 0 Å². The number of phenolic OH excluding ortho intramolecular Hbond substituents is 3. The van der Waals surface area contributed by atoms with Crippen LogP contribution in [0, 0.1) is 0 Å². The Morgan fingerprint density at radius 3 is 1.63 bits per heavy atom. The lowest BCUT2D eigenvalue weighted by molar-refractivity contribution is 0.0972. The number of benzene rings is 4. The minimum Gasteiger partial charge on any atom is -0.507 e. The van der Waals surface area contributed by atoms with Crippen molar-refractivity contribution in [3.8, 4) is 34.5 Å². The van der Waals surface area contributed by atoms with Crippen LogP contribution in [0.1, 0.15) is 44.7 Å². The SMILES string of the molecule is COc1cc(CCC(=O)c2ccccc2O)ccc1Oc1cc(CCC(=O)c2ccccc2O)ccc1O. The lowest BCUT2D eigenvalue weighted by Crippen LogP contribution is -2.02. The van der Waals surface area contributed by atoms with E-state index in [1.165, 1.54) is 25.3 Å². The molecule has 4 aromatic rings. The third-order valence-electron chi connectivity index (χ3n) is 6.16. The van der Waals surface area contributed by atoms with Crippen LogP contribution >= 0.6 is 0 Å². The van der Waals surface area contributed by atoms with Crippen molar-refractivity contribution < 1.29 is 34.4 Å². The number of ketones is 2. The van der Waals surface area contributed by atoms with E-state index < -0.39 is 0 Å². The molecule has 4 aromatic carbocycles. The van der Waals surface area contributed by atoms with Crippen LogP contribution in [0.5, 0.6) is 34.5 Å². The predicted molar refractivity (Wildman–Crippen MR) is 143 cm³/mol. The van der Waals surface area contributed by atoms with Gasteiger partial charge < -0.3 is 24.8 Å². The molecular weight excluding hydrogens is 484 g/mol. The zero-order valence-electron chi connectivity index (χ0n) is 20.9. The van der Waals surface area contributed by atoms with E-state index in [1.54, 1.807) is 60.7 Å². The third kappa shape index (κ3) is 6.31. The Kier molecular flexibility index (Phi) is 8.28. The summed E-state index contributed by atoms with van der Waals surface area (Å²) in [7, 11) is 1.50. The third-order valence-corrected chi connectivity index (χ3v) is 6.16. The average Bonchev–Trinajstić information content (AvgIpc) is 2.93. The van der Waals surface area contributed by atoms with Crippen LogP contribution in [0.4, 0.5) is 0 Å². The van der Waals surface area contributed by atoms with Crippen LogP contribution < -0.4 is 9.47 Å². The highest BCUT2D eigenvalue weighted by Crippen LogP contribution is 2.37. The first kappa shape index (κ1) is 26.3. The van der Waals surface area contributed by atoms with Crippen molar-refractivity contribution in [1.82, 2.24) is 0 Å². The minimum absolute atomic E-state index is 0.0385. The van der Waals surface area contributed by atoms with Crippen molar-refractivity contribution in [1.29, 1.82) is 0 Å². The Labute approximate surface area is 220 Å². The first-order chi connectivity index (χ1) is 18.4. The van der Waals surface area contributed by atoms with Gasteiger partial charge in [0, 0.05) is 12.8 Å². The second kappa shape index (κ2) is 12.0. The maximum atomic E-state index is 12.5. The van der Waals surface area contributed by atoms with Gasteiger partial charge in [0.2, 0.25) is 0 Å². The molecule has 0 saturated carbocycles. The summed E-state index contributed by atoms with van der Waals surface area (Å²) in [6.45, 7) is 0. The van der Waals surface area contributed by atoms with Crippen LogP contribution in [0.3, 0.4) is 0 Å². The van der Waals surface area contributed by atoms with Gasteiger partial charge in [-0.1, -0.05) is 36.4 Å². The molecule has 0 bridgehead atoms. The van der Waals surface area contributed by atoms with Crippen LogP contribution in [-0.2, 0) is 12.8 Å². The Morgan fingerprint density at radius 1 is 0.605 bits per heavy atom. The number of aryl methyl sites for hydroxylation is 2. The molecule has 0 unspecified atom stereocenters. The van der Waals surface area contributed by atoms with Crippen molar-refractivity contribution in [2.24, 2.45) is 0 Å². The van der Waals surface area contributed by atoms with Gasteiger partial charge in [-0.2, -0.15) is 0 Å². The summed E-state index contributed by atoms with van der Waals surface area (Å²) in [6, 6.07) is 23.0. The fraction of sp³-hybridized carbons (Fsp3) is 0.161. The molecule has 7 nitrogen and oxygen atoms in total. The monoisotopic (exact) mass is 512 g/mol. The molecule has 38 heavy (non-hydrogen) atoms. The van der Waals surface area contributed by atoms with Gasteiger partial charge in [-0.05, 0) is 72.5 Å². The zero-order valence-corrected chi connectivity index (χ0v) is 20.9. The van der Waals surface area contributed by atoms with Gasteiger partial charge in [0.15, 0.2) is 34.6 Å². The molecule has 0 aliphatic carbocycles. The smallest absolute Gasteiger partial charge is 0.169 e. The van der Waals surface area contributed by atoms with Gasteiger partial charge in [0.1, 0.15) is 11.5 Å². The van der Waals surface area contributed by atoms with E-state index in [0.29, 0.717) is 24.3 Å². The highest BCUT2D eigenvalue weighted by Gasteiger charge is 2.15. The van der Waals surface area contributed by atoms with E-state index in [4.69, 9.17) is 9.47 Å². The summed E-state index contributed by atoms with van der Waals surface area (Å²) in [6.07, 6.45) is 1.23. The van der Waals surface area contributed by atoms with E-state index in [0.717, 1.165) is 11.1 Å². The largest absolute Gasteiger partial charge is 0.507 e. The molecule has 3 N–H and O–H groups in total. The molecule has 0 radical (unpaired) electrons. The van der Waals surface area contributed by atoms with Gasteiger partial charge in [-0.15, -0.1) is 0 Å². The quantitative estimate of drug-likeness (QED) is 0.204. The Balaban J connectivity index is 1.43. The fourth-order valence-corrected chi connectivity index (χ4v) is 4.07. The van der Waals surface area contributed by atoms with Crippen molar-refractivity contribution in [3.63, 3.8) is 0 Å². The van der Waals surface area contributed by atoms with Gasteiger partial charge >= 0.3 is 0 Å². The van der Waals surface area contributed by atoms with Crippen LogP contribution in [0.15, 0.2) is 84.9 Å². The Bertz CT molecular complexity index is 1460. The first-order valence-corrected chi connectivity index (χ1v) is 12.1. The molecule has 4 rings (SSSR count). The normalized spacial score (nSPS) is 10.7. The summed E-state index contributed by atoms with van der Waals surface area (Å²) in [5, 5.41) is 30.2. The number of phenols is 3. The van der Waals surface area contributed by atoms with Gasteiger partial charge in [0.25, 0.3) is 0 Å². The van der Waals surface area contributed by atoms with E-state index in [-0.39, 0.29) is 58.5 Å². The molecule has 0 aromatic heterocycles. The Hall–Kier alpha value is -4.78. The number of ether oxygens (including phenoxy) is 2. The van der Waals surface area contributed by atoms with E-state index in [9.17, 15) is 24.9 Å². The van der Waals surface area contributed by atoms with E-state index >= 15 is 0 Å². The number of carbonyl (C=O) groups is 2. The van der Waals surface area contributed by atoms with Crippen molar-refractivity contribution in [3.05, 3.63) is 107 Å². The molecule has 7 heteroatoms. The van der Waals surface area contributed by atoms with Gasteiger partial charge in [0.05, 0.1) is 18.2 Å². The zero-order chi connectivity index (χ0) is 27.1. The molecule has 0 fully saturated rings. The summed E-state index contributed by atoms with van der Waals surface area (Å²) in [5.74, 6) is 0.507. The first-order valence-electron chi connectivity index (χ1n) is 12.1. The molecule has 0 amide bonds. The standard InChI is InChI=1S/C31H28O7/c1-37-31-19-21(11-15-27(35)23-7-3-5-9-25(23)33)13-17-29(31)38-30-18-20(12-16-28(30)36)10-14-26(34)22-6-2-4-8-24(22)32/h2-9,12-13,16-19,32-33,36H,10-11,14-15H2,1H3. The molecular formula is C31H28O7. The Morgan fingerprint density at radius 2 is 1.11 bits per heavy atom. The molecule has 0 spiro atoms. The molecule has 194 valence electrons. The number of rotatable bonds is 11. The van der Waals surface area contributed by atoms with Gasteiger partial charge in [-0.25, -0.2) is 0 Å². The van der Waals surface area contributed by atoms with Crippen molar-refractivity contribution in [2.75, 3.05) is 7.11 Å². The lowest BCUT2D eigenvalue weighted by atomic mass is 10.0. The number of hydrogen-bond donors (Lipinski definition) is 3. The average molecular weight is 513 g/mol. The highest BCUT2D eigenvalue weighted by molar-refractivity contribution is 5.99. The molecule has 0 saturated heterocycles. The number of para-hydroxylation sites is 2. The highest BCUT2D eigenvalue weighted by atomic mass is 16.5. The van der Waals surface area contributed by atoms with Crippen LogP contribution in [0.25, 0.3) is 0 Å². The second-order valence-corrected chi connectivity index (χ2v) is 8.77. The number of carbonyl (C=O) groups excluding carboxylic acids is 2. The molecule has 0 aliphatic rings. The number of hydrogen-bond acceptors (Lipinski definition) is 7. The fourth-order valence-electron chi connectivity index (χ4n) is 4.07. The maximum absolute atomic E-state index is 12.5. The number of aromatic hydroxyl groups is 3. The van der Waals surface area contributed by atoms with Crippen LogP contribution in [-0.4, -0.2) is 34.0 Å². The predicted octanol–water partition coefficient (Wildman–Crippen LogP) is 6.24. The van der Waals surface area contributed by atoms with Crippen molar-refractivity contribution in [2.45, 2.75) is 25.7 Å². The summed E-state index contributed by atoms with van der Waals surface area (Å²) >= 11 is 0. The topological polar surface area (TPSA) is 113 Å². The number of Topliss-reactive ketones (excluding diaryl/α,β-unsaturated/α-hetero) is 2. The molecule has 0 heterocycles. The summed E-state index contributed by atoms with van der Waals surface area (Å²) in [5.41, 5.74) is 2.19.